The Bertz CT molecular complexity index is 1060. The molecule has 2 aromatic heterocycles. The quantitative estimate of drug-likeness (QED) is 0.558. The summed E-state index contributed by atoms with van der Waals surface area (Å²) in [5.74, 6) is 0. The molecule has 0 spiro atoms. The fourth-order valence-electron chi connectivity index (χ4n) is 3.18. The Labute approximate surface area is 140 Å². The first-order chi connectivity index (χ1) is 11.7. The summed E-state index contributed by atoms with van der Waals surface area (Å²) in [6.45, 7) is 2.89. The Morgan fingerprint density at radius 3 is 2.46 bits per heavy atom. The number of nitrogens with zero attached hydrogens (tertiary/aromatic N) is 2. The van der Waals surface area contributed by atoms with Crippen LogP contribution in [0.1, 0.15) is 11.1 Å². The molecule has 3 nitrogen and oxygen atoms in total. The predicted octanol–water partition coefficient (Wildman–Crippen LogP) is 4.15. The van der Waals surface area contributed by atoms with Gasteiger partial charge in [0.1, 0.15) is 0 Å². The zero-order chi connectivity index (χ0) is 16.5. The zero-order valence-corrected chi connectivity index (χ0v) is 13.5. The van der Waals surface area contributed by atoms with E-state index in [-0.39, 0.29) is 5.56 Å². The third-order valence-corrected chi connectivity index (χ3v) is 4.28. The number of aryl methyl sites for hydroxylation is 1. The van der Waals surface area contributed by atoms with Crippen molar-refractivity contribution in [2.24, 2.45) is 0 Å². The molecule has 24 heavy (non-hydrogen) atoms. The van der Waals surface area contributed by atoms with E-state index in [0.717, 1.165) is 23.3 Å². The number of hydrogen-bond acceptors (Lipinski definition) is 1. The SMILES string of the molecule is Cc1cccc(Cn2ccc3c2ccc(=O)n3-c2ccccc2)c1. The van der Waals surface area contributed by atoms with Gasteiger partial charge in [0.25, 0.3) is 5.56 Å². The van der Waals surface area contributed by atoms with Crippen LogP contribution in [0.25, 0.3) is 16.7 Å². The molecule has 0 N–H and O–H groups in total. The second kappa shape index (κ2) is 5.85. The second-order valence-corrected chi connectivity index (χ2v) is 6.05. The highest BCUT2D eigenvalue weighted by molar-refractivity contribution is 5.78. The molecule has 0 aliphatic rings. The lowest BCUT2D eigenvalue weighted by Crippen LogP contribution is -2.17. The van der Waals surface area contributed by atoms with E-state index < -0.39 is 0 Å². The van der Waals surface area contributed by atoms with Gasteiger partial charge >= 0.3 is 0 Å². The molecule has 0 atom stereocenters. The number of fused-ring (bicyclic) bond motifs is 1. The first-order valence-electron chi connectivity index (χ1n) is 8.04. The van der Waals surface area contributed by atoms with Crippen LogP contribution in [0, 0.1) is 6.92 Å². The molecule has 0 amide bonds. The lowest BCUT2D eigenvalue weighted by molar-refractivity contribution is 0.834. The topological polar surface area (TPSA) is 26.9 Å². The van der Waals surface area contributed by atoms with Gasteiger partial charge in [0.2, 0.25) is 0 Å². The summed E-state index contributed by atoms with van der Waals surface area (Å²) in [6, 6.07) is 23.8. The molecule has 0 saturated heterocycles. The molecule has 118 valence electrons. The standard InChI is InChI=1S/C21H18N2O/c1-16-6-5-7-17(14-16)15-22-13-12-20-19(22)10-11-21(24)23(20)18-8-3-2-4-9-18/h2-14H,15H2,1H3. The van der Waals surface area contributed by atoms with Crippen LogP contribution in [0.3, 0.4) is 0 Å². The molecule has 2 heterocycles. The van der Waals surface area contributed by atoms with Crippen LogP contribution in [0.15, 0.2) is 83.8 Å². The van der Waals surface area contributed by atoms with Gasteiger partial charge < -0.3 is 4.57 Å². The molecule has 0 saturated carbocycles. The van der Waals surface area contributed by atoms with Gasteiger partial charge in [0.15, 0.2) is 0 Å². The molecular formula is C21H18N2O. The van der Waals surface area contributed by atoms with Gasteiger partial charge in [-0.1, -0.05) is 48.0 Å². The third-order valence-electron chi connectivity index (χ3n) is 4.28. The molecule has 0 aliphatic carbocycles. The van der Waals surface area contributed by atoms with Crippen LogP contribution in [0.2, 0.25) is 0 Å². The fourth-order valence-corrected chi connectivity index (χ4v) is 3.18. The van der Waals surface area contributed by atoms with Gasteiger partial charge in [-0.15, -0.1) is 0 Å². The van der Waals surface area contributed by atoms with Crippen molar-refractivity contribution in [3.8, 4) is 5.69 Å². The summed E-state index contributed by atoms with van der Waals surface area (Å²) in [5.41, 5.74) is 5.37. The largest absolute Gasteiger partial charge is 0.342 e. The van der Waals surface area contributed by atoms with Crippen LogP contribution in [-0.4, -0.2) is 9.13 Å². The lowest BCUT2D eigenvalue weighted by atomic mass is 10.1. The maximum atomic E-state index is 12.4. The van der Waals surface area contributed by atoms with E-state index in [0.29, 0.717) is 0 Å². The maximum absolute atomic E-state index is 12.4. The first kappa shape index (κ1) is 14.5. The Kier molecular flexibility index (Phi) is 3.54. The molecule has 4 rings (SSSR count). The lowest BCUT2D eigenvalue weighted by Gasteiger charge is -2.10. The summed E-state index contributed by atoms with van der Waals surface area (Å²) in [7, 11) is 0. The van der Waals surface area contributed by atoms with Crippen molar-refractivity contribution in [2.45, 2.75) is 13.5 Å². The van der Waals surface area contributed by atoms with E-state index in [1.54, 1.807) is 10.6 Å². The van der Waals surface area contributed by atoms with Crippen molar-refractivity contribution < 1.29 is 0 Å². The number of para-hydroxylation sites is 1. The minimum atomic E-state index is -0.0120. The van der Waals surface area contributed by atoms with E-state index in [1.165, 1.54) is 11.1 Å². The highest BCUT2D eigenvalue weighted by atomic mass is 16.1. The van der Waals surface area contributed by atoms with E-state index in [2.05, 4.69) is 35.8 Å². The third kappa shape index (κ3) is 2.54. The summed E-state index contributed by atoms with van der Waals surface area (Å²) in [4.78, 5) is 12.4. The van der Waals surface area contributed by atoms with E-state index in [1.807, 2.05) is 48.7 Å². The van der Waals surface area contributed by atoms with E-state index >= 15 is 0 Å². The molecule has 3 heteroatoms. The van der Waals surface area contributed by atoms with Crippen LogP contribution >= 0.6 is 0 Å². The number of benzene rings is 2. The minimum Gasteiger partial charge on any atom is -0.342 e. The number of pyridine rings is 1. The summed E-state index contributed by atoms with van der Waals surface area (Å²) in [6.07, 6.45) is 2.05. The molecule has 2 aromatic carbocycles. The molecule has 0 aliphatic heterocycles. The Balaban J connectivity index is 1.85. The molecular weight excluding hydrogens is 296 g/mol. The van der Waals surface area contributed by atoms with Crippen molar-refractivity contribution in [3.63, 3.8) is 0 Å². The highest BCUT2D eigenvalue weighted by Gasteiger charge is 2.09. The number of aromatic nitrogens is 2. The summed E-state index contributed by atoms with van der Waals surface area (Å²) >= 11 is 0. The minimum absolute atomic E-state index is 0.0120. The molecule has 0 radical (unpaired) electrons. The van der Waals surface area contributed by atoms with E-state index in [9.17, 15) is 4.79 Å². The second-order valence-electron chi connectivity index (χ2n) is 6.05. The highest BCUT2D eigenvalue weighted by Crippen LogP contribution is 2.19. The van der Waals surface area contributed by atoms with Gasteiger partial charge in [-0.25, -0.2) is 0 Å². The van der Waals surface area contributed by atoms with Crippen LogP contribution < -0.4 is 5.56 Å². The van der Waals surface area contributed by atoms with E-state index in [4.69, 9.17) is 0 Å². The average Bonchev–Trinajstić information content (AvgIpc) is 2.98. The monoisotopic (exact) mass is 314 g/mol. The van der Waals surface area contributed by atoms with Gasteiger partial charge in [0.05, 0.1) is 11.0 Å². The number of hydrogen-bond donors (Lipinski definition) is 0. The Morgan fingerprint density at radius 1 is 0.833 bits per heavy atom. The van der Waals surface area contributed by atoms with Crippen molar-refractivity contribution >= 4 is 11.0 Å². The van der Waals surface area contributed by atoms with Gasteiger partial charge in [-0.2, -0.15) is 0 Å². The van der Waals surface area contributed by atoms with Gasteiger partial charge in [-0.3, -0.25) is 9.36 Å². The zero-order valence-electron chi connectivity index (χ0n) is 13.5. The van der Waals surface area contributed by atoms with Crippen molar-refractivity contribution in [1.82, 2.24) is 9.13 Å². The van der Waals surface area contributed by atoms with Gasteiger partial charge in [0, 0.05) is 24.5 Å². The molecule has 0 fully saturated rings. The molecule has 0 bridgehead atoms. The summed E-state index contributed by atoms with van der Waals surface area (Å²) < 4.78 is 3.95. The van der Waals surface area contributed by atoms with Crippen molar-refractivity contribution in [2.75, 3.05) is 0 Å². The van der Waals surface area contributed by atoms with Crippen LogP contribution in [-0.2, 0) is 6.54 Å². The Hall–Kier alpha value is -3.07. The first-order valence-corrected chi connectivity index (χ1v) is 8.04. The van der Waals surface area contributed by atoms with Crippen molar-refractivity contribution in [3.05, 3.63) is 100 Å². The predicted molar refractivity (Wildman–Crippen MR) is 97.8 cm³/mol. The van der Waals surface area contributed by atoms with Crippen LogP contribution in [0.5, 0.6) is 0 Å². The maximum Gasteiger partial charge on any atom is 0.255 e. The van der Waals surface area contributed by atoms with Crippen LogP contribution in [0.4, 0.5) is 0 Å². The Morgan fingerprint density at radius 2 is 1.67 bits per heavy atom. The number of rotatable bonds is 3. The fraction of sp³-hybridized carbons (Fsp3) is 0.0952. The molecule has 4 aromatic rings. The smallest absolute Gasteiger partial charge is 0.255 e. The average molecular weight is 314 g/mol. The molecule has 0 unspecified atom stereocenters. The van der Waals surface area contributed by atoms with Gasteiger partial charge in [-0.05, 0) is 36.8 Å². The summed E-state index contributed by atoms with van der Waals surface area (Å²) in [5, 5.41) is 0. The normalized spacial score (nSPS) is 11.0. The van der Waals surface area contributed by atoms with Crippen molar-refractivity contribution in [1.29, 1.82) is 0 Å².